The lowest BCUT2D eigenvalue weighted by atomic mass is 9.98. The van der Waals surface area contributed by atoms with Crippen LogP contribution in [0.3, 0.4) is 0 Å². The number of aromatic nitrogens is 1. The average molecular weight is 250 g/mol. The molecule has 0 bridgehead atoms. The molecule has 1 aromatic rings. The molecule has 0 amide bonds. The van der Waals surface area contributed by atoms with E-state index in [0.29, 0.717) is 5.92 Å². The Bertz CT molecular complexity index is 357. The van der Waals surface area contributed by atoms with Crippen molar-refractivity contribution >= 4 is 5.82 Å². The summed E-state index contributed by atoms with van der Waals surface area (Å²) >= 11 is 0. The van der Waals surface area contributed by atoms with Crippen LogP contribution in [0.15, 0.2) is 18.3 Å². The van der Waals surface area contributed by atoms with E-state index in [4.69, 9.17) is 4.74 Å². The van der Waals surface area contributed by atoms with Crippen molar-refractivity contribution in [3.05, 3.63) is 23.9 Å². The summed E-state index contributed by atoms with van der Waals surface area (Å²) in [7, 11) is 1.77. The molecule has 1 atom stereocenters. The molecule has 0 aromatic carbocycles. The highest BCUT2D eigenvalue weighted by Crippen LogP contribution is 2.22. The number of aliphatic hydroxyl groups is 1. The number of nitrogens with zero attached hydrogens (tertiary/aromatic N) is 2. The van der Waals surface area contributed by atoms with Crippen molar-refractivity contribution in [1.29, 1.82) is 0 Å². The van der Waals surface area contributed by atoms with E-state index in [9.17, 15) is 5.11 Å². The highest BCUT2D eigenvalue weighted by molar-refractivity contribution is 5.40. The Hall–Kier alpha value is -1.13. The van der Waals surface area contributed by atoms with Crippen LogP contribution in [0.4, 0.5) is 5.82 Å². The smallest absolute Gasteiger partial charge is 0.128 e. The van der Waals surface area contributed by atoms with E-state index in [0.717, 1.165) is 43.9 Å². The number of anilines is 1. The molecule has 0 spiro atoms. The zero-order chi connectivity index (χ0) is 13.0. The predicted molar refractivity (Wildman–Crippen MR) is 71.7 cm³/mol. The van der Waals surface area contributed by atoms with Gasteiger partial charge >= 0.3 is 0 Å². The van der Waals surface area contributed by atoms with Crippen LogP contribution in [0.1, 0.15) is 31.4 Å². The minimum atomic E-state index is -0.445. The molecule has 1 saturated heterocycles. The second kappa shape index (κ2) is 6.16. The topological polar surface area (TPSA) is 45.6 Å². The Labute approximate surface area is 109 Å². The minimum absolute atomic E-state index is 0.445. The van der Waals surface area contributed by atoms with Crippen LogP contribution in [0.25, 0.3) is 0 Å². The van der Waals surface area contributed by atoms with Gasteiger partial charge in [0.05, 0.1) is 6.10 Å². The zero-order valence-corrected chi connectivity index (χ0v) is 11.2. The Morgan fingerprint density at radius 1 is 1.44 bits per heavy atom. The minimum Gasteiger partial charge on any atom is -0.389 e. The van der Waals surface area contributed by atoms with Crippen molar-refractivity contribution in [2.45, 2.75) is 25.9 Å². The van der Waals surface area contributed by atoms with Crippen molar-refractivity contribution in [2.75, 3.05) is 31.7 Å². The van der Waals surface area contributed by atoms with Gasteiger partial charge in [0.25, 0.3) is 0 Å². The van der Waals surface area contributed by atoms with Gasteiger partial charge in [0.15, 0.2) is 0 Å². The molecule has 0 unspecified atom stereocenters. The van der Waals surface area contributed by atoms with E-state index in [-0.39, 0.29) is 0 Å². The third-order valence-electron chi connectivity index (χ3n) is 3.59. The van der Waals surface area contributed by atoms with Crippen LogP contribution >= 0.6 is 0 Å². The lowest BCUT2D eigenvalue weighted by Crippen LogP contribution is -2.35. The Kier molecular flexibility index (Phi) is 4.55. The Morgan fingerprint density at radius 3 is 2.67 bits per heavy atom. The van der Waals surface area contributed by atoms with Gasteiger partial charge in [-0.15, -0.1) is 0 Å². The molecule has 2 rings (SSSR count). The number of piperidine rings is 1. The summed E-state index contributed by atoms with van der Waals surface area (Å²) in [5, 5.41) is 9.45. The standard InChI is InChI=1S/C14H22N2O2/c1-11(17)13-3-4-14(15-9-13)16-7-5-12(6-8-16)10-18-2/h3-4,9,11-12,17H,5-8,10H2,1-2H3/t11-/m0/s1. The number of rotatable bonds is 4. The number of hydrogen-bond acceptors (Lipinski definition) is 4. The fraction of sp³-hybridized carbons (Fsp3) is 0.643. The average Bonchev–Trinajstić information content (AvgIpc) is 2.40. The van der Waals surface area contributed by atoms with E-state index in [1.54, 1.807) is 20.2 Å². The van der Waals surface area contributed by atoms with Crippen molar-refractivity contribution in [3.63, 3.8) is 0 Å². The van der Waals surface area contributed by atoms with E-state index in [1.165, 1.54) is 0 Å². The molecule has 0 aliphatic carbocycles. The first kappa shape index (κ1) is 13.3. The van der Waals surface area contributed by atoms with Gasteiger partial charge < -0.3 is 14.7 Å². The first-order valence-electron chi connectivity index (χ1n) is 6.58. The molecule has 0 saturated carbocycles. The third kappa shape index (κ3) is 3.21. The quantitative estimate of drug-likeness (QED) is 0.887. The first-order chi connectivity index (χ1) is 8.70. The molecule has 1 aliphatic rings. The van der Waals surface area contributed by atoms with Crippen LogP contribution in [0.2, 0.25) is 0 Å². The first-order valence-corrected chi connectivity index (χ1v) is 6.58. The van der Waals surface area contributed by atoms with Gasteiger partial charge in [-0.2, -0.15) is 0 Å². The fourth-order valence-electron chi connectivity index (χ4n) is 2.40. The second-order valence-electron chi connectivity index (χ2n) is 5.01. The normalized spacial score (nSPS) is 18.9. The summed E-state index contributed by atoms with van der Waals surface area (Å²) in [5.74, 6) is 1.69. The third-order valence-corrected chi connectivity index (χ3v) is 3.59. The molecule has 18 heavy (non-hydrogen) atoms. The van der Waals surface area contributed by atoms with E-state index in [2.05, 4.69) is 9.88 Å². The van der Waals surface area contributed by atoms with Gasteiger partial charge in [0.1, 0.15) is 5.82 Å². The summed E-state index contributed by atoms with van der Waals surface area (Å²) in [4.78, 5) is 6.73. The van der Waals surface area contributed by atoms with Crippen molar-refractivity contribution < 1.29 is 9.84 Å². The fourth-order valence-corrected chi connectivity index (χ4v) is 2.40. The van der Waals surface area contributed by atoms with E-state index >= 15 is 0 Å². The molecular weight excluding hydrogens is 228 g/mol. The molecule has 2 heterocycles. The summed E-state index contributed by atoms with van der Waals surface area (Å²) in [6, 6.07) is 3.95. The van der Waals surface area contributed by atoms with E-state index < -0.39 is 6.10 Å². The molecule has 4 nitrogen and oxygen atoms in total. The highest BCUT2D eigenvalue weighted by atomic mass is 16.5. The lowest BCUT2D eigenvalue weighted by Gasteiger charge is -2.32. The van der Waals surface area contributed by atoms with Crippen molar-refractivity contribution in [3.8, 4) is 0 Å². The molecule has 1 aromatic heterocycles. The molecule has 1 aliphatic heterocycles. The van der Waals surface area contributed by atoms with Crippen LogP contribution in [-0.2, 0) is 4.74 Å². The highest BCUT2D eigenvalue weighted by Gasteiger charge is 2.19. The molecule has 1 N–H and O–H groups in total. The van der Waals surface area contributed by atoms with Crippen LogP contribution in [0, 0.1) is 5.92 Å². The van der Waals surface area contributed by atoms with Gasteiger partial charge in [-0.05, 0) is 37.3 Å². The van der Waals surface area contributed by atoms with Crippen LogP contribution < -0.4 is 4.90 Å². The summed E-state index contributed by atoms with van der Waals surface area (Å²) in [5.41, 5.74) is 0.869. The number of ether oxygens (including phenoxy) is 1. The molecule has 0 radical (unpaired) electrons. The summed E-state index contributed by atoms with van der Waals surface area (Å²) in [6.45, 7) is 4.69. The summed E-state index contributed by atoms with van der Waals surface area (Å²) < 4.78 is 5.20. The lowest BCUT2D eigenvalue weighted by molar-refractivity contribution is 0.139. The monoisotopic (exact) mass is 250 g/mol. The van der Waals surface area contributed by atoms with Gasteiger partial charge in [0, 0.05) is 33.0 Å². The Morgan fingerprint density at radius 2 is 2.17 bits per heavy atom. The maximum atomic E-state index is 9.45. The molecule has 4 heteroatoms. The van der Waals surface area contributed by atoms with Gasteiger partial charge in [-0.25, -0.2) is 4.98 Å². The summed E-state index contributed by atoms with van der Waals surface area (Å²) in [6.07, 6.45) is 3.64. The van der Waals surface area contributed by atoms with E-state index in [1.807, 2.05) is 12.1 Å². The number of aliphatic hydroxyl groups excluding tert-OH is 1. The van der Waals surface area contributed by atoms with Gasteiger partial charge in [0.2, 0.25) is 0 Å². The zero-order valence-electron chi connectivity index (χ0n) is 11.2. The Balaban J connectivity index is 1.93. The molecular formula is C14H22N2O2. The maximum Gasteiger partial charge on any atom is 0.128 e. The number of hydrogen-bond donors (Lipinski definition) is 1. The largest absolute Gasteiger partial charge is 0.389 e. The number of methoxy groups -OCH3 is 1. The predicted octanol–water partition coefficient (Wildman–Crippen LogP) is 2.00. The number of pyridine rings is 1. The van der Waals surface area contributed by atoms with Crippen molar-refractivity contribution in [2.24, 2.45) is 5.92 Å². The second-order valence-corrected chi connectivity index (χ2v) is 5.01. The SMILES string of the molecule is COCC1CCN(c2ccc([C@H](C)O)cn2)CC1. The maximum absolute atomic E-state index is 9.45. The molecule has 1 fully saturated rings. The molecule has 100 valence electrons. The van der Waals surface area contributed by atoms with Crippen molar-refractivity contribution in [1.82, 2.24) is 4.98 Å². The van der Waals surface area contributed by atoms with Crippen LogP contribution in [0.5, 0.6) is 0 Å². The van der Waals surface area contributed by atoms with Gasteiger partial charge in [-0.3, -0.25) is 0 Å². The van der Waals surface area contributed by atoms with Crippen LogP contribution in [-0.4, -0.2) is 36.9 Å². The van der Waals surface area contributed by atoms with Gasteiger partial charge in [-0.1, -0.05) is 6.07 Å².